The standard InChI is InChI=1S/C27H29N3O3/c1-33-23-12-10-20(11-13-23)14-16-28-27(32)24-8-4-5-9-25(24)29-26(31)19-30-17-15-21-6-2-3-7-22(21)18-30/h2-13H,14-19H2,1H3,(H,28,32)(H,29,31). The van der Waals surface area contributed by atoms with Crippen LogP contribution in [0.25, 0.3) is 0 Å². The molecule has 1 heterocycles. The van der Waals surface area contributed by atoms with E-state index in [1.807, 2.05) is 36.4 Å². The molecule has 0 saturated carbocycles. The third-order valence-corrected chi connectivity index (χ3v) is 5.88. The average Bonchev–Trinajstić information content (AvgIpc) is 2.84. The Morgan fingerprint density at radius 1 is 0.939 bits per heavy atom. The van der Waals surface area contributed by atoms with Gasteiger partial charge in [-0.2, -0.15) is 0 Å². The summed E-state index contributed by atoms with van der Waals surface area (Å²) in [6.45, 7) is 2.40. The van der Waals surface area contributed by atoms with Gasteiger partial charge in [0.25, 0.3) is 5.91 Å². The number of nitrogens with one attached hydrogen (secondary N) is 2. The molecule has 33 heavy (non-hydrogen) atoms. The van der Waals surface area contributed by atoms with Crippen LogP contribution < -0.4 is 15.4 Å². The SMILES string of the molecule is COc1ccc(CCNC(=O)c2ccccc2NC(=O)CN2CCc3ccccc3C2)cc1. The fraction of sp³-hybridized carbons (Fsp3) is 0.259. The summed E-state index contributed by atoms with van der Waals surface area (Å²) in [5, 5.41) is 5.88. The number of nitrogens with zero attached hydrogens (tertiary/aromatic N) is 1. The first kappa shape index (κ1) is 22.6. The minimum atomic E-state index is -0.202. The predicted octanol–water partition coefficient (Wildman–Crippen LogP) is 3.66. The molecular weight excluding hydrogens is 414 g/mol. The number of rotatable bonds is 8. The van der Waals surface area contributed by atoms with Crippen LogP contribution in [0, 0.1) is 0 Å². The lowest BCUT2D eigenvalue weighted by Crippen LogP contribution is -2.37. The van der Waals surface area contributed by atoms with E-state index >= 15 is 0 Å². The number of para-hydroxylation sites is 1. The topological polar surface area (TPSA) is 70.7 Å². The number of anilines is 1. The number of methoxy groups -OCH3 is 1. The molecule has 0 bridgehead atoms. The zero-order chi connectivity index (χ0) is 23.0. The highest BCUT2D eigenvalue weighted by molar-refractivity contribution is 6.04. The number of hydrogen-bond donors (Lipinski definition) is 2. The summed E-state index contributed by atoms with van der Waals surface area (Å²) in [4.78, 5) is 27.6. The van der Waals surface area contributed by atoms with Crippen molar-refractivity contribution >= 4 is 17.5 Å². The van der Waals surface area contributed by atoms with E-state index in [-0.39, 0.29) is 11.8 Å². The summed E-state index contributed by atoms with van der Waals surface area (Å²) >= 11 is 0. The molecule has 2 amide bonds. The first-order valence-corrected chi connectivity index (χ1v) is 11.2. The van der Waals surface area contributed by atoms with Gasteiger partial charge in [0.1, 0.15) is 5.75 Å². The number of carbonyl (C=O) groups is 2. The van der Waals surface area contributed by atoms with Crippen LogP contribution in [0.2, 0.25) is 0 Å². The molecule has 3 aromatic rings. The molecule has 4 rings (SSSR count). The van der Waals surface area contributed by atoms with Crippen molar-refractivity contribution in [2.45, 2.75) is 19.4 Å². The molecule has 0 aliphatic carbocycles. The van der Waals surface area contributed by atoms with Crippen LogP contribution in [0.5, 0.6) is 5.75 Å². The number of fused-ring (bicyclic) bond motifs is 1. The smallest absolute Gasteiger partial charge is 0.253 e. The second kappa shape index (κ2) is 10.8. The summed E-state index contributed by atoms with van der Waals surface area (Å²) in [6.07, 6.45) is 1.65. The van der Waals surface area contributed by atoms with Crippen molar-refractivity contribution in [2.24, 2.45) is 0 Å². The van der Waals surface area contributed by atoms with E-state index in [2.05, 4.69) is 33.7 Å². The van der Waals surface area contributed by atoms with Gasteiger partial charge in [0.05, 0.1) is 24.9 Å². The second-order valence-corrected chi connectivity index (χ2v) is 8.18. The Kier molecular flexibility index (Phi) is 7.37. The Hall–Kier alpha value is -3.64. The molecule has 1 aliphatic heterocycles. The van der Waals surface area contributed by atoms with Crippen molar-refractivity contribution < 1.29 is 14.3 Å². The van der Waals surface area contributed by atoms with E-state index < -0.39 is 0 Å². The van der Waals surface area contributed by atoms with E-state index in [1.165, 1.54) is 11.1 Å². The van der Waals surface area contributed by atoms with E-state index in [4.69, 9.17) is 4.74 Å². The van der Waals surface area contributed by atoms with Gasteiger partial charge in [-0.15, -0.1) is 0 Å². The molecule has 170 valence electrons. The van der Waals surface area contributed by atoms with Crippen molar-refractivity contribution in [3.8, 4) is 5.75 Å². The van der Waals surface area contributed by atoms with Crippen LogP contribution in [0.3, 0.4) is 0 Å². The fourth-order valence-electron chi connectivity index (χ4n) is 4.08. The third-order valence-electron chi connectivity index (χ3n) is 5.88. The van der Waals surface area contributed by atoms with Gasteiger partial charge in [0.15, 0.2) is 0 Å². The zero-order valence-electron chi connectivity index (χ0n) is 18.8. The van der Waals surface area contributed by atoms with E-state index in [0.717, 1.165) is 30.8 Å². The van der Waals surface area contributed by atoms with Crippen LogP contribution in [-0.4, -0.2) is 43.5 Å². The van der Waals surface area contributed by atoms with Crippen LogP contribution >= 0.6 is 0 Å². The summed E-state index contributed by atoms with van der Waals surface area (Å²) in [6, 6.07) is 23.3. The lowest BCUT2D eigenvalue weighted by atomic mass is 10.00. The van der Waals surface area contributed by atoms with Crippen LogP contribution in [0.15, 0.2) is 72.8 Å². The van der Waals surface area contributed by atoms with Crippen molar-refractivity contribution in [1.29, 1.82) is 0 Å². The molecule has 6 heteroatoms. The number of amides is 2. The molecule has 0 saturated heterocycles. The largest absolute Gasteiger partial charge is 0.497 e. The van der Waals surface area contributed by atoms with Gasteiger partial charge in [-0.1, -0.05) is 48.5 Å². The molecule has 1 aliphatic rings. The summed E-state index contributed by atoms with van der Waals surface area (Å²) < 4.78 is 5.17. The molecule has 0 spiro atoms. The van der Waals surface area contributed by atoms with Crippen molar-refractivity contribution in [2.75, 3.05) is 32.1 Å². The molecule has 0 radical (unpaired) electrons. The Morgan fingerprint density at radius 3 is 2.45 bits per heavy atom. The third kappa shape index (κ3) is 5.99. The lowest BCUT2D eigenvalue weighted by Gasteiger charge is -2.28. The van der Waals surface area contributed by atoms with Gasteiger partial charge >= 0.3 is 0 Å². The first-order chi connectivity index (χ1) is 16.1. The Morgan fingerprint density at radius 2 is 1.67 bits per heavy atom. The van der Waals surface area contributed by atoms with E-state index in [0.29, 0.717) is 30.8 Å². The molecule has 0 aromatic heterocycles. The Balaban J connectivity index is 1.31. The molecule has 0 unspecified atom stereocenters. The zero-order valence-corrected chi connectivity index (χ0v) is 18.8. The number of ether oxygens (including phenoxy) is 1. The average molecular weight is 444 g/mol. The predicted molar refractivity (Wildman–Crippen MR) is 130 cm³/mol. The van der Waals surface area contributed by atoms with Crippen LogP contribution in [0.1, 0.15) is 27.0 Å². The van der Waals surface area contributed by atoms with Crippen LogP contribution in [-0.2, 0) is 24.2 Å². The molecule has 0 fully saturated rings. The van der Waals surface area contributed by atoms with Crippen LogP contribution in [0.4, 0.5) is 5.69 Å². The van der Waals surface area contributed by atoms with Gasteiger partial charge < -0.3 is 15.4 Å². The molecule has 2 N–H and O–H groups in total. The summed E-state index contributed by atoms with van der Waals surface area (Å²) in [7, 11) is 1.64. The lowest BCUT2D eigenvalue weighted by molar-refractivity contribution is -0.117. The maximum Gasteiger partial charge on any atom is 0.253 e. The van der Waals surface area contributed by atoms with Crippen molar-refractivity contribution in [3.63, 3.8) is 0 Å². The van der Waals surface area contributed by atoms with Crippen molar-refractivity contribution in [1.82, 2.24) is 10.2 Å². The maximum atomic E-state index is 12.8. The van der Waals surface area contributed by atoms with E-state index in [1.54, 1.807) is 25.3 Å². The molecule has 0 atom stereocenters. The number of carbonyl (C=O) groups excluding carboxylic acids is 2. The van der Waals surface area contributed by atoms with E-state index in [9.17, 15) is 9.59 Å². The molecular formula is C27H29N3O3. The highest BCUT2D eigenvalue weighted by atomic mass is 16.5. The van der Waals surface area contributed by atoms with Gasteiger partial charge in [-0.05, 0) is 53.8 Å². The Labute approximate surface area is 194 Å². The number of hydrogen-bond acceptors (Lipinski definition) is 4. The monoisotopic (exact) mass is 443 g/mol. The summed E-state index contributed by atoms with van der Waals surface area (Å²) in [5.74, 6) is 0.486. The minimum absolute atomic E-state index is 0.118. The highest BCUT2D eigenvalue weighted by Crippen LogP contribution is 2.19. The van der Waals surface area contributed by atoms with Gasteiger partial charge in [0, 0.05) is 19.6 Å². The first-order valence-electron chi connectivity index (χ1n) is 11.2. The quantitative estimate of drug-likeness (QED) is 0.557. The Bertz CT molecular complexity index is 1110. The summed E-state index contributed by atoms with van der Waals surface area (Å²) in [5.41, 5.74) is 4.73. The van der Waals surface area contributed by atoms with Gasteiger partial charge in [-0.3, -0.25) is 14.5 Å². The van der Waals surface area contributed by atoms with Gasteiger partial charge in [-0.25, -0.2) is 0 Å². The van der Waals surface area contributed by atoms with Crippen molar-refractivity contribution in [3.05, 3.63) is 95.1 Å². The fourth-order valence-corrected chi connectivity index (χ4v) is 4.08. The molecule has 3 aromatic carbocycles. The minimum Gasteiger partial charge on any atom is -0.497 e. The molecule has 6 nitrogen and oxygen atoms in total. The second-order valence-electron chi connectivity index (χ2n) is 8.18. The number of benzene rings is 3. The maximum absolute atomic E-state index is 12.8. The normalized spacial score (nSPS) is 13.1. The highest BCUT2D eigenvalue weighted by Gasteiger charge is 2.19. The van der Waals surface area contributed by atoms with Gasteiger partial charge in [0.2, 0.25) is 5.91 Å².